The fourth-order valence-corrected chi connectivity index (χ4v) is 2.15. The molecule has 1 rings (SSSR count). The average Bonchev–Trinajstić information content (AvgIpc) is 1.99. The van der Waals surface area contributed by atoms with Crippen molar-refractivity contribution in [2.75, 3.05) is 0 Å². The van der Waals surface area contributed by atoms with Gasteiger partial charge in [0.15, 0.2) is 0 Å². The minimum Gasteiger partial charge on any atom is -0.478 e. The van der Waals surface area contributed by atoms with Crippen LogP contribution >= 0.6 is 43.5 Å². The smallest absolute Gasteiger partial charge is 0.339 e. The zero-order valence-corrected chi connectivity index (χ0v) is 9.87. The Hall–Kier alpha value is -0.130. The third-order valence-electron chi connectivity index (χ3n) is 1.33. The maximum absolute atomic E-state index is 13.0. The number of hydrogen-bond acceptors (Lipinski definition) is 1. The molecule has 0 saturated carbocycles. The van der Waals surface area contributed by atoms with Gasteiger partial charge >= 0.3 is 5.97 Å². The minimum atomic E-state index is -1.36. The SMILES string of the molecule is O=C(O)c1c(F)cc(Br)c(Cl)c1Br. The predicted molar refractivity (Wildman–Crippen MR) is 53.8 cm³/mol. The van der Waals surface area contributed by atoms with Crippen LogP contribution in [0.5, 0.6) is 0 Å². The Morgan fingerprint density at radius 1 is 1.54 bits per heavy atom. The minimum absolute atomic E-state index is 0.0357. The number of rotatable bonds is 1. The molecule has 0 atom stereocenters. The van der Waals surface area contributed by atoms with Crippen molar-refractivity contribution in [1.82, 2.24) is 0 Å². The lowest BCUT2D eigenvalue weighted by Crippen LogP contribution is -2.02. The summed E-state index contributed by atoms with van der Waals surface area (Å²) in [6, 6.07) is 1.01. The summed E-state index contributed by atoms with van der Waals surface area (Å²) in [5, 5.41) is 8.76. The van der Waals surface area contributed by atoms with Crippen LogP contribution in [0.2, 0.25) is 5.02 Å². The molecule has 0 bridgehead atoms. The molecule has 6 heteroatoms. The highest BCUT2D eigenvalue weighted by atomic mass is 79.9. The van der Waals surface area contributed by atoms with Crippen molar-refractivity contribution in [2.45, 2.75) is 0 Å². The molecule has 2 nitrogen and oxygen atoms in total. The van der Waals surface area contributed by atoms with Gasteiger partial charge in [-0.2, -0.15) is 0 Å². The summed E-state index contributed by atoms with van der Waals surface area (Å²) in [7, 11) is 0. The number of hydrogen-bond donors (Lipinski definition) is 1. The van der Waals surface area contributed by atoms with Crippen LogP contribution in [0.3, 0.4) is 0 Å². The van der Waals surface area contributed by atoms with E-state index in [1.54, 1.807) is 0 Å². The highest BCUT2D eigenvalue weighted by Crippen LogP contribution is 2.34. The van der Waals surface area contributed by atoms with Crippen molar-refractivity contribution >= 4 is 49.4 Å². The van der Waals surface area contributed by atoms with Crippen LogP contribution in [0, 0.1) is 5.82 Å². The molecule has 0 amide bonds. The van der Waals surface area contributed by atoms with Gasteiger partial charge in [-0.05, 0) is 37.9 Å². The van der Waals surface area contributed by atoms with E-state index in [0.29, 0.717) is 4.47 Å². The van der Waals surface area contributed by atoms with Crippen molar-refractivity contribution in [2.24, 2.45) is 0 Å². The molecule has 70 valence electrons. The van der Waals surface area contributed by atoms with Gasteiger partial charge in [0.25, 0.3) is 0 Å². The van der Waals surface area contributed by atoms with Crippen LogP contribution in [0.25, 0.3) is 0 Å². The van der Waals surface area contributed by atoms with Gasteiger partial charge in [-0.1, -0.05) is 11.6 Å². The van der Waals surface area contributed by atoms with E-state index in [-0.39, 0.29) is 9.50 Å². The molecular weight excluding hydrogens is 330 g/mol. The molecule has 0 fully saturated rings. The van der Waals surface area contributed by atoms with E-state index in [9.17, 15) is 9.18 Å². The maximum Gasteiger partial charge on any atom is 0.339 e. The lowest BCUT2D eigenvalue weighted by molar-refractivity contribution is 0.0691. The van der Waals surface area contributed by atoms with Crippen molar-refractivity contribution in [3.05, 3.63) is 31.4 Å². The molecule has 0 radical (unpaired) electrons. The predicted octanol–water partition coefficient (Wildman–Crippen LogP) is 3.70. The Morgan fingerprint density at radius 2 is 2.08 bits per heavy atom. The largest absolute Gasteiger partial charge is 0.478 e. The summed E-state index contributed by atoms with van der Waals surface area (Å²) in [5.74, 6) is -2.20. The molecule has 0 aliphatic heterocycles. The fourth-order valence-electron chi connectivity index (χ4n) is 0.762. The normalized spacial score (nSPS) is 10.2. The topological polar surface area (TPSA) is 37.3 Å². The lowest BCUT2D eigenvalue weighted by Gasteiger charge is -2.04. The van der Waals surface area contributed by atoms with Gasteiger partial charge < -0.3 is 5.11 Å². The lowest BCUT2D eigenvalue weighted by atomic mass is 10.2. The summed E-state index contributed by atoms with van der Waals surface area (Å²) in [6.07, 6.45) is 0. The van der Waals surface area contributed by atoms with Crippen LogP contribution in [-0.4, -0.2) is 11.1 Å². The van der Waals surface area contributed by atoms with Crippen molar-refractivity contribution in [1.29, 1.82) is 0 Å². The second kappa shape index (κ2) is 3.94. The molecule has 1 N–H and O–H groups in total. The molecule has 0 spiro atoms. The van der Waals surface area contributed by atoms with Gasteiger partial charge in [0, 0.05) is 4.47 Å². The van der Waals surface area contributed by atoms with E-state index in [1.807, 2.05) is 0 Å². The van der Waals surface area contributed by atoms with E-state index >= 15 is 0 Å². The second-order valence-electron chi connectivity index (χ2n) is 2.15. The number of carboxylic acid groups (broad SMARTS) is 1. The first kappa shape index (κ1) is 10.9. The van der Waals surface area contributed by atoms with E-state index in [2.05, 4.69) is 31.9 Å². The average molecular weight is 332 g/mol. The number of carbonyl (C=O) groups is 1. The van der Waals surface area contributed by atoms with Crippen LogP contribution in [-0.2, 0) is 0 Å². The molecule has 1 aromatic carbocycles. The monoisotopic (exact) mass is 330 g/mol. The fraction of sp³-hybridized carbons (Fsp3) is 0. The molecule has 0 aliphatic rings. The van der Waals surface area contributed by atoms with E-state index in [1.165, 1.54) is 0 Å². The van der Waals surface area contributed by atoms with Crippen LogP contribution in [0.15, 0.2) is 15.0 Å². The first-order valence-electron chi connectivity index (χ1n) is 3.01. The van der Waals surface area contributed by atoms with Crippen molar-refractivity contribution < 1.29 is 14.3 Å². The second-order valence-corrected chi connectivity index (χ2v) is 4.17. The number of halogens is 4. The molecule has 0 aromatic heterocycles. The molecule has 0 heterocycles. The Balaban J connectivity index is 3.53. The summed E-state index contributed by atoms with van der Waals surface area (Å²) in [4.78, 5) is 10.6. The number of carboxylic acids is 1. The van der Waals surface area contributed by atoms with E-state index in [4.69, 9.17) is 16.7 Å². The summed E-state index contributed by atoms with van der Waals surface area (Å²) < 4.78 is 13.4. The Morgan fingerprint density at radius 3 is 2.54 bits per heavy atom. The van der Waals surface area contributed by atoms with Gasteiger partial charge in [0.05, 0.1) is 9.50 Å². The highest BCUT2D eigenvalue weighted by Gasteiger charge is 2.19. The Labute approximate surface area is 95.0 Å². The summed E-state index contributed by atoms with van der Waals surface area (Å²) in [5.41, 5.74) is -0.465. The van der Waals surface area contributed by atoms with Crippen molar-refractivity contribution in [3.8, 4) is 0 Å². The van der Waals surface area contributed by atoms with Gasteiger partial charge in [-0.3, -0.25) is 0 Å². The van der Waals surface area contributed by atoms with Crippen LogP contribution in [0.1, 0.15) is 10.4 Å². The van der Waals surface area contributed by atoms with Gasteiger partial charge in [-0.15, -0.1) is 0 Å². The Bertz CT molecular complexity index is 381. The molecule has 0 saturated heterocycles. The molecule has 0 unspecified atom stereocenters. The number of benzene rings is 1. The summed E-state index contributed by atoms with van der Waals surface area (Å²) in [6.45, 7) is 0. The molecule has 13 heavy (non-hydrogen) atoms. The van der Waals surface area contributed by atoms with Crippen molar-refractivity contribution in [3.63, 3.8) is 0 Å². The van der Waals surface area contributed by atoms with E-state index in [0.717, 1.165) is 6.07 Å². The zero-order chi connectivity index (χ0) is 10.2. The first-order valence-corrected chi connectivity index (χ1v) is 4.97. The molecule has 0 aliphatic carbocycles. The zero-order valence-electron chi connectivity index (χ0n) is 5.94. The molecule has 1 aromatic rings. The van der Waals surface area contributed by atoms with Gasteiger partial charge in [0.1, 0.15) is 11.4 Å². The highest BCUT2D eigenvalue weighted by molar-refractivity contribution is 9.11. The third kappa shape index (κ3) is 2.03. The molecular formula is C7H2Br2ClFO2. The first-order chi connectivity index (χ1) is 5.95. The third-order valence-corrected chi connectivity index (χ3v) is 3.60. The van der Waals surface area contributed by atoms with Crippen LogP contribution < -0.4 is 0 Å². The quantitative estimate of drug-likeness (QED) is 0.629. The standard InChI is InChI=1S/C7H2Br2ClFO2/c8-2-1-3(11)4(7(12)13)5(9)6(2)10/h1H,(H,12,13). The summed E-state index contributed by atoms with van der Waals surface area (Å²) >= 11 is 11.6. The Kier molecular flexibility index (Phi) is 3.32. The number of aromatic carboxylic acids is 1. The van der Waals surface area contributed by atoms with Gasteiger partial charge in [0.2, 0.25) is 0 Å². The maximum atomic E-state index is 13.0. The van der Waals surface area contributed by atoms with Crippen LogP contribution in [0.4, 0.5) is 4.39 Å². The van der Waals surface area contributed by atoms with Gasteiger partial charge in [-0.25, -0.2) is 9.18 Å². The van der Waals surface area contributed by atoms with E-state index < -0.39 is 17.3 Å².